The van der Waals surface area contributed by atoms with Crippen molar-refractivity contribution in [2.75, 3.05) is 13.1 Å². The molecule has 2 N–H and O–H groups in total. The molecule has 0 spiro atoms. The van der Waals surface area contributed by atoms with Gasteiger partial charge in [0.2, 0.25) is 0 Å². The molecule has 2 fully saturated rings. The minimum atomic E-state index is -0.794. The van der Waals surface area contributed by atoms with Crippen molar-refractivity contribution in [2.24, 2.45) is 5.92 Å². The minimum absolute atomic E-state index is 0.0449. The number of aliphatic carboxylic acids is 1. The lowest BCUT2D eigenvalue weighted by Gasteiger charge is -2.42. The van der Waals surface area contributed by atoms with Crippen LogP contribution in [0.4, 0.5) is 0 Å². The second-order valence-corrected chi connectivity index (χ2v) is 7.85. The molecule has 0 atom stereocenters. The summed E-state index contributed by atoms with van der Waals surface area (Å²) in [4.78, 5) is 29.9. The second kappa shape index (κ2) is 8.61. The molecule has 152 valence electrons. The maximum atomic E-state index is 12.6. The second-order valence-electron chi connectivity index (χ2n) is 7.85. The fourth-order valence-electron chi connectivity index (χ4n) is 3.64. The van der Waals surface area contributed by atoms with Crippen LogP contribution in [-0.2, 0) is 4.79 Å². The summed E-state index contributed by atoms with van der Waals surface area (Å²) in [7, 11) is 0. The van der Waals surface area contributed by atoms with Crippen LogP contribution in [-0.4, -0.2) is 52.0 Å². The van der Waals surface area contributed by atoms with Gasteiger partial charge in [-0.2, -0.15) is 0 Å². The van der Waals surface area contributed by atoms with Crippen molar-refractivity contribution in [3.63, 3.8) is 0 Å². The molecule has 4 rings (SSSR count). The molecule has 0 unspecified atom stereocenters. The van der Waals surface area contributed by atoms with Crippen molar-refractivity contribution in [3.05, 3.63) is 54.4 Å². The van der Waals surface area contributed by atoms with Crippen LogP contribution in [0.3, 0.4) is 0 Å². The third-order valence-corrected chi connectivity index (χ3v) is 5.44. The van der Waals surface area contributed by atoms with E-state index in [0.29, 0.717) is 23.1 Å². The van der Waals surface area contributed by atoms with Crippen molar-refractivity contribution in [1.29, 1.82) is 0 Å². The van der Waals surface area contributed by atoms with Crippen LogP contribution in [0.25, 0.3) is 0 Å². The molecule has 29 heavy (non-hydrogen) atoms. The smallest absolute Gasteiger partial charge is 0.317 e. The number of benzene rings is 1. The van der Waals surface area contributed by atoms with Gasteiger partial charge in [0, 0.05) is 30.9 Å². The number of nitrogens with one attached hydrogen (secondary N) is 1. The lowest BCUT2D eigenvalue weighted by molar-refractivity contribution is -0.139. The van der Waals surface area contributed by atoms with Gasteiger partial charge in [-0.05, 0) is 49.8 Å². The molecular formula is C22H25N3O4. The molecule has 0 bridgehead atoms. The summed E-state index contributed by atoms with van der Waals surface area (Å²) in [6, 6.07) is 13.0. The fraction of sp³-hybridized carbons (Fsp3) is 0.409. The number of hydrogen-bond donors (Lipinski definition) is 2. The zero-order chi connectivity index (χ0) is 20.2. The van der Waals surface area contributed by atoms with Crippen LogP contribution in [0.15, 0.2) is 48.7 Å². The first-order chi connectivity index (χ1) is 14.1. The van der Waals surface area contributed by atoms with E-state index in [1.807, 2.05) is 30.3 Å². The van der Waals surface area contributed by atoms with E-state index in [1.54, 1.807) is 18.3 Å². The van der Waals surface area contributed by atoms with E-state index in [2.05, 4.69) is 15.2 Å². The molecular weight excluding hydrogens is 370 g/mol. The third kappa shape index (κ3) is 5.32. The average Bonchev–Trinajstić information content (AvgIpc) is 3.48. The Hall–Kier alpha value is -2.93. The molecule has 1 aromatic carbocycles. The normalized spacial score (nSPS) is 20.7. The van der Waals surface area contributed by atoms with Gasteiger partial charge in [0.05, 0.1) is 6.54 Å². The number of hydrogen-bond acceptors (Lipinski definition) is 5. The van der Waals surface area contributed by atoms with E-state index in [1.165, 1.54) is 12.8 Å². The summed E-state index contributed by atoms with van der Waals surface area (Å²) >= 11 is 0. The zero-order valence-corrected chi connectivity index (χ0v) is 16.2. The average molecular weight is 395 g/mol. The predicted molar refractivity (Wildman–Crippen MR) is 107 cm³/mol. The molecule has 7 nitrogen and oxygen atoms in total. The Morgan fingerprint density at radius 1 is 1.14 bits per heavy atom. The molecule has 0 saturated heterocycles. The maximum absolute atomic E-state index is 12.6. The third-order valence-electron chi connectivity index (χ3n) is 5.44. The van der Waals surface area contributed by atoms with E-state index in [9.17, 15) is 9.59 Å². The SMILES string of the molecule is O=C(O)CN(CC1CC1)C1CC(NC(=O)c2cc(Oc3ccccc3)ccn2)C1. The van der Waals surface area contributed by atoms with Crippen LogP contribution in [0.2, 0.25) is 0 Å². The van der Waals surface area contributed by atoms with Gasteiger partial charge in [0.25, 0.3) is 5.91 Å². The summed E-state index contributed by atoms with van der Waals surface area (Å²) in [5.41, 5.74) is 0.308. The minimum Gasteiger partial charge on any atom is -0.480 e. The van der Waals surface area contributed by atoms with Gasteiger partial charge in [-0.3, -0.25) is 19.5 Å². The van der Waals surface area contributed by atoms with E-state index in [-0.39, 0.29) is 24.5 Å². The molecule has 7 heteroatoms. The van der Waals surface area contributed by atoms with E-state index >= 15 is 0 Å². The largest absolute Gasteiger partial charge is 0.480 e. The number of rotatable bonds is 9. The van der Waals surface area contributed by atoms with Gasteiger partial charge in [-0.25, -0.2) is 0 Å². The number of carbonyl (C=O) groups is 2. The molecule has 2 aliphatic rings. The van der Waals surface area contributed by atoms with Crippen LogP contribution >= 0.6 is 0 Å². The number of para-hydroxylation sites is 1. The van der Waals surface area contributed by atoms with Gasteiger partial charge >= 0.3 is 5.97 Å². The monoisotopic (exact) mass is 395 g/mol. The Morgan fingerprint density at radius 2 is 1.90 bits per heavy atom. The van der Waals surface area contributed by atoms with Gasteiger partial charge in [-0.1, -0.05) is 18.2 Å². The quantitative estimate of drug-likeness (QED) is 0.678. The van der Waals surface area contributed by atoms with Crippen molar-refractivity contribution in [1.82, 2.24) is 15.2 Å². The Balaban J connectivity index is 1.30. The predicted octanol–water partition coefficient (Wildman–Crippen LogP) is 2.93. The summed E-state index contributed by atoms with van der Waals surface area (Å²) in [5.74, 6) is 0.858. The van der Waals surface area contributed by atoms with Crippen LogP contribution in [0.5, 0.6) is 11.5 Å². The topological polar surface area (TPSA) is 91.8 Å². The van der Waals surface area contributed by atoms with Gasteiger partial charge < -0.3 is 15.2 Å². The number of aromatic nitrogens is 1. The maximum Gasteiger partial charge on any atom is 0.317 e. The van der Waals surface area contributed by atoms with Crippen LogP contribution in [0.1, 0.15) is 36.2 Å². The number of carboxylic acid groups (broad SMARTS) is 1. The molecule has 0 radical (unpaired) electrons. The number of amides is 1. The highest BCUT2D eigenvalue weighted by atomic mass is 16.5. The van der Waals surface area contributed by atoms with Gasteiger partial charge in [0.1, 0.15) is 17.2 Å². The zero-order valence-electron chi connectivity index (χ0n) is 16.2. The molecule has 2 aromatic rings. The first kappa shape index (κ1) is 19.4. The molecule has 1 amide bonds. The Kier molecular flexibility index (Phi) is 5.76. The molecule has 2 saturated carbocycles. The molecule has 0 aliphatic heterocycles. The van der Waals surface area contributed by atoms with Crippen molar-refractivity contribution >= 4 is 11.9 Å². The Bertz CT molecular complexity index is 863. The Morgan fingerprint density at radius 3 is 2.59 bits per heavy atom. The summed E-state index contributed by atoms with van der Waals surface area (Å²) in [6.45, 7) is 0.917. The number of carboxylic acids is 1. The van der Waals surface area contributed by atoms with E-state index in [0.717, 1.165) is 19.4 Å². The Labute approximate surface area is 169 Å². The number of pyridine rings is 1. The summed E-state index contributed by atoms with van der Waals surface area (Å²) in [6.07, 6.45) is 5.48. The highest BCUT2D eigenvalue weighted by molar-refractivity contribution is 5.92. The standard InChI is InChI=1S/C22H25N3O4/c26-21(27)14-25(13-15-6-7-15)17-10-16(11-17)24-22(28)20-12-19(8-9-23-20)29-18-4-2-1-3-5-18/h1-5,8-9,12,15-17H,6-7,10-11,13-14H2,(H,24,28)(H,26,27). The first-order valence-corrected chi connectivity index (χ1v) is 10.0. The summed E-state index contributed by atoms with van der Waals surface area (Å²) in [5, 5.41) is 12.1. The molecule has 2 aliphatic carbocycles. The summed E-state index contributed by atoms with van der Waals surface area (Å²) < 4.78 is 5.76. The lowest BCUT2D eigenvalue weighted by atomic mass is 9.85. The number of ether oxygens (including phenoxy) is 1. The van der Waals surface area contributed by atoms with Crippen molar-refractivity contribution in [2.45, 2.75) is 37.8 Å². The molecule has 1 aromatic heterocycles. The van der Waals surface area contributed by atoms with Gasteiger partial charge in [-0.15, -0.1) is 0 Å². The number of nitrogens with zero attached hydrogens (tertiary/aromatic N) is 2. The lowest BCUT2D eigenvalue weighted by Crippen LogP contribution is -2.55. The number of carbonyl (C=O) groups excluding carboxylic acids is 1. The van der Waals surface area contributed by atoms with Crippen molar-refractivity contribution < 1.29 is 19.4 Å². The van der Waals surface area contributed by atoms with Crippen LogP contribution in [0, 0.1) is 5.92 Å². The van der Waals surface area contributed by atoms with E-state index < -0.39 is 5.97 Å². The van der Waals surface area contributed by atoms with Crippen molar-refractivity contribution in [3.8, 4) is 11.5 Å². The first-order valence-electron chi connectivity index (χ1n) is 10.0. The molecule has 1 heterocycles. The van der Waals surface area contributed by atoms with Crippen LogP contribution < -0.4 is 10.1 Å². The highest BCUT2D eigenvalue weighted by Crippen LogP contribution is 2.34. The van der Waals surface area contributed by atoms with E-state index in [4.69, 9.17) is 9.84 Å². The highest BCUT2D eigenvalue weighted by Gasteiger charge is 2.37. The van der Waals surface area contributed by atoms with Gasteiger partial charge in [0.15, 0.2) is 0 Å². The fourth-order valence-corrected chi connectivity index (χ4v) is 3.64.